The van der Waals surface area contributed by atoms with Crippen LogP contribution in [0.2, 0.25) is 0 Å². The number of sulfone groups is 1. The number of nitrogens with one attached hydrogen (secondary N) is 2. The number of halogens is 2. The van der Waals surface area contributed by atoms with Crippen LogP contribution in [-0.4, -0.2) is 40.7 Å². The molecular weight excluding hydrogens is 464 g/mol. The summed E-state index contributed by atoms with van der Waals surface area (Å²) in [4.78, 5) is 10.8. The lowest BCUT2D eigenvalue weighted by atomic mass is 10.00. The summed E-state index contributed by atoms with van der Waals surface area (Å²) in [5.74, 6) is -1.82. The fraction of sp³-hybridized carbons (Fsp3) is 0.0870. The average Bonchev–Trinajstić information content (AvgIpc) is 3.51. The smallest absolute Gasteiger partial charge is 0.232 e. The van der Waals surface area contributed by atoms with Crippen LogP contribution in [-0.2, 0) is 15.6 Å². The molecule has 0 radical (unpaired) electrons. The fourth-order valence-corrected chi connectivity index (χ4v) is 5.26. The van der Waals surface area contributed by atoms with Crippen molar-refractivity contribution < 1.29 is 21.9 Å². The highest BCUT2D eigenvalue weighted by atomic mass is 32.2. The van der Waals surface area contributed by atoms with E-state index in [0.29, 0.717) is 16.9 Å². The molecule has 0 fully saturated rings. The van der Waals surface area contributed by atoms with Crippen molar-refractivity contribution in [3.05, 3.63) is 78.3 Å². The number of aromatic amines is 2. The van der Waals surface area contributed by atoms with Gasteiger partial charge >= 0.3 is 0 Å². The van der Waals surface area contributed by atoms with E-state index >= 15 is 8.78 Å². The molecule has 5 aromatic rings. The Bertz CT molecular complexity index is 1620. The van der Waals surface area contributed by atoms with Crippen molar-refractivity contribution in [3.63, 3.8) is 0 Å². The molecule has 172 valence electrons. The molecule has 0 saturated heterocycles. The van der Waals surface area contributed by atoms with Crippen molar-refractivity contribution in [1.82, 2.24) is 25.1 Å². The van der Waals surface area contributed by atoms with Crippen molar-refractivity contribution in [2.45, 2.75) is 10.6 Å². The maximum atomic E-state index is 15.5. The Morgan fingerprint density at radius 1 is 0.971 bits per heavy atom. The first-order chi connectivity index (χ1) is 16.4. The van der Waals surface area contributed by atoms with Crippen LogP contribution >= 0.6 is 0 Å². The Hall–Kier alpha value is -4.12. The van der Waals surface area contributed by atoms with E-state index in [-0.39, 0.29) is 33.0 Å². The highest BCUT2D eigenvalue weighted by molar-refractivity contribution is 7.90. The molecule has 2 aromatic carbocycles. The molecule has 0 aliphatic rings. The van der Waals surface area contributed by atoms with Crippen LogP contribution < -0.4 is 4.74 Å². The van der Waals surface area contributed by atoms with Crippen LogP contribution in [0.15, 0.2) is 66.0 Å². The number of benzene rings is 2. The molecule has 0 aliphatic heterocycles. The first-order valence-corrected chi connectivity index (χ1v) is 11.7. The Balaban J connectivity index is 1.56. The predicted octanol–water partition coefficient (Wildman–Crippen LogP) is 4.28. The van der Waals surface area contributed by atoms with Gasteiger partial charge in [-0.05, 0) is 18.2 Å². The van der Waals surface area contributed by atoms with Gasteiger partial charge in [-0.3, -0.25) is 5.10 Å². The number of pyridine rings is 1. The summed E-state index contributed by atoms with van der Waals surface area (Å²) in [5.41, 5.74) is 0.285. The summed E-state index contributed by atoms with van der Waals surface area (Å²) in [5, 5.41) is 7.25. The number of hydrogen-bond donors (Lipinski definition) is 2. The lowest BCUT2D eigenvalue weighted by Gasteiger charge is -2.12. The van der Waals surface area contributed by atoms with Crippen molar-refractivity contribution in [2.75, 3.05) is 7.11 Å². The normalized spacial score (nSPS) is 11.7. The molecule has 0 amide bonds. The fourth-order valence-electron chi connectivity index (χ4n) is 3.79. The first kappa shape index (κ1) is 21.7. The Labute approximate surface area is 192 Å². The molecule has 34 heavy (non-hydrogen) atoms. The topological polar surface area (TPSA) is 114 Å². The minimum atomic E-state index is -3.99. The summed E-state index contributed by atoms with van der Waals surface area (Å²) >= 11 is 0. The molecule has 0 unspecified atom stereocenters. The molecule has 0 atom stereocenters. The van der Waals surface area contributed by atoms with Gasteiger partial charge in [0.05, 0.1) is 12.9 Å². The summed E-state index contributed by atoms with van der Waals surface area (Å²) in [6.07, 6.45) is 4.58. The zero-order valence-corrected chi connectivity index (χ0v) is 18.5. The third-order valence-corrected chi connectivity index (χ3v) is 7.05. The number of imidazole rings is 1. The molecule has 8 nitrogen and oxygen atoms in total. The molecule has 3 heterocycles. The Morgan fingerprint density at radius 3 is 2.56 bits per heavy atom. The van der Waals surface area contributed by atoms with Gasteiger partial charge in [-0.1, -0.05) is 24.3 Å². The lowest BCUT2D eigenvalue weighted by molar-refractivity contribution is 0.385. The third kappa shape index (κ3) is 3.59. The van der Waals surface area contributed by atoms with Crippen LogP contribution in [0, 0.1) is 11.6 Å². The number of hydrogen-bond acceptors (Lipinski definition) is 6. The minimum absolute atomic E-state index is 0.0152. The van der Waals surface area contributed by atoms with Crippen LogP contribution in [0.5, 0.6) is 5.88 Å². The summed E-state index contributed by atoms with van der Waals surface area (Å²) in [6, 6.07) is 10.0. The van der Waals surface area contributed by atoms with Crippen molar-refractivity contribution in [2.24, 2.45) is 0 Å². The monoisotopic (exact) mass is 481 g/mol. The largest absolute Gasteiger partial charge is 0.480 e. The van der Waals surface area contributed by atoms with Gasteiger partial charge in [0.2, 0.25) is 5.88 Å². The third-order valence-electron chi connectivity index (χ3n) is 5.38. The summed E-state index contributed by atoms with van der Waals surface area (Å²) in [7, 11) is -2.69. The van der Waals surface area contributed by atoms with Crippen molar-refractivity contribution in [1.29, 1.82) is 0 Å². The molecule has 0 spiro atoms. The van der Waals surface area contributed by atoms with E-state index < -0.39 is 27.2 Å². The van der Waals surface area contributed by atoms with Gasteiger partial charge < -0.3 is 9.72 Å². The number of methoxy groups -OCH3 is 1. The average molecular weight is 481 g/mol. The van der Waals surface area contributed by atoms with Crippen LogP contribution in [0.3, 0.4) is 0 Å². The van der Waals surface area contributed by atoms with E-state index in [2.05, 4.69) is 25.1 Å². The van der Waals surface area contributed by atoms with E-state index in [4.69, 9.17) is 4.74 Å². The highest BCUT2D eigenvalue weighted by Crippen LogP contribution is 2.34. The van der Waals surface area contributed by atoms with E-state index in [1.165, 1.54) is 49.7 Å². The van der Waals surface area contributed by atoms with Gasteiger partial charge in [-0.15, -0.1) is 0 Å². The van der Waals surface area contributed by atoms with Gasteiger partial charge in [-0.2, -0.15) is 5.10 Å². The molecule has 3 aromatic heterocycles. The zero-order valence-electron chi connectivity index (χ0n) is 17.7. The quantitative estimate of drug-likeness (QED) is 0.374. The van der Waals surface area contributed by atoms with Crippen LogP contribution in [0.25, 0.3) is 33.5 Å². The first-order valence-electron chi connectivity index (χ1n) is 10.1. The van der Waals surface area contributed by atoms with Crippen LogP contribution in [0.1, 0.15) is 5.56 Å². The van der Waals surface area contributed by atoms with Gasteiger partial charge in [-0.25, -0.2) is 27.2 Å². The molecule has 5 rings (SSSR count). The maximum Gasteiger partial charge on any atom is 0.232 e. The van der Waals surface area contributed by atoms with Crippen LogP contribution in [0.4, 0.5) is 8.78 Å². The number of fused-ring (bicyclic) bond motifs is 1. The van der Waals surface area contributed by atoms with E-state index in [1.54, 1.807) is 18.5 Å². The van der Waals surface area contributed by atoms with E-state index in [1.807, 2.05) is 0 Å². The number of aromatic nitrogens is 5. The number of ether oxygens (including phenoxy) is 1. The SMILES string of the molecule is COc1ncccc1S(=O)(=O)Cc1cccc(-c2ccc3c(-c4ncc[nH]4)[nH]nc3c2F)c1F. The van der Waals surface area contributed by atoms with Gasteiger partial charge in [0.15, 0.2) is 21.5 Å². The molecular formula is C23H17F2N5O3S. The van der Waals surface area contributed by atoms with Crippen molar-refractivity contribution >= 4 is 20.7 Å². The van der Waals surface area contributed by atoms with E-state index in [9.17, 15) is 8.42 Å². The second-order valence-electron chi connectivity index (χ2n) is 7.41. The minimum Gasteiger partial charge on any atom is -0.480 e. The second kappa shape index (κ2) is 8.34. The Kier molecular flexibility index (Phi) is 5.33. The predicted molar refractivity (Wildman–Crippen MR) is 121 cm³/mol. The molecule has 0 bridgehead atoms. The number of nitrogens with zero attached hydrogens (tertiary/aromatic N) is 3. The van der Waals surface area contributed by atoms with Gasteiger partial charge in [0.1, 0.15) is 21.9 Å². The highest BCUT2D eigenvalue weighted by Gasteiger charge is 2.25. The standard InChI is InChI=1S/C23H17F2N5O3S/c1-33-23-17(6-3-9-28-23)34(31,32)12-13-4-2-5-14(18(13)24)15-7-8-16-20(19(15)25)29-30-21(16)22-26-10-11-27-22/h2-11H,12H2,1H3,(H,26,27)(H,29,30). The molecule has 0 saturated carbocycles. The summed E-state index contributed by atoms with van der Waals surface area (Å²) in [6.45, 7) is 0. The lowest BCUT2D eigenvalue weighted by Crippen LogP contribution is -2.09. The Morgan fingerprint density at radius 2 is 1.79 bits per heavy atom. The maximum absolute atomic E-state index is 15.5. The molecule has 0 aliphatic carbocycles. The summed E-state index contributed by atoms with van der Waals surface area (Å²) < 4.78 is 61.8. The van der Waals surface area contributed by atoms with Gasteiger partial charge in [0.25, 0.3) is 0 Å². The van der Waals surface area contributed by atoms with Crippen molar-refractivity contribution in [3.8, 4) is 28.5 Å². The molecule has 11 heteroatoms. The number of rotatable bonds is 6. The zero-order chi connectivity index (χ0) is 23.9. The van der Waals surface area contributed by atoms with E-state index in [0.717, 1.165) is 0 Å². The second-order valence-corrected chi connectivity index (χ2v) is 9.37. The molecule has 2 N–H and O–H groups in total. The number of H-pyrrole nitrogens is 2. The van der Waals surface area contributed by atoms with Gasteiger partial charge in [0, 0.05) is 40.7 Å².